The number of nitrogens with one attached hydrogen (secondary N) is 2. The van der Waals surface area contributed by atoms with Crippen LogP contribution in [-0.4, -0.2) is 36.5 Å². The summed E-state index contributed by atoms with van der Waals surface area (Å²) in [5, 5.41) is 10.4. The van der Waals surface area contributed by atoms with Crippen LogP contribution in [0.5, 0.6) is 17.2 Å². The number of aromatic amines is 1. The summed E-state index contributed by atoms with van der Waals surface area (Å²) in [4.78, 5) is 4.44. The summed E-state index contributed by atoms with van der Waals surface area (Å²) in [6, 6.07) is 3.81. The van der Waals surface area contributed by atoms with E-state index < -0.39 is 0 Å². The van der Waals surface area contributed by atoms with Crippen molar-refractivity contribution in [3.8, 4) is 17.2 Å². The van der Waals surface area contributed by atoms with E-state index in [-0.39, 0.29) is 0 Å². The van der Waals surface area contributed by atoms with Gasteiger partial charge < -0.3 is 19.5 Å². The van der Waals surface area contributed by atoms with Crippen molar-refractivity contribution in [3.63, 3.8) is 0 Å². The molecule has 118 valence electrons. The summed E-state index contributed by atoms with van der Waals surface area (Å²) in [5.74, 6) is 3.98. The Morgan fingerprint density at radius 3 is 2.36 bits per heavy atom. The Morgan fingerprint density at radius 2 is 1.82 bits per heavy atom. The molecule has 3 rings (SSSR count). The molecule has 2 N–H and O–H groups in total. The minimum atomic E-state index is 0.559. The van der Waals surface area contributed by atoms with Crippen molar-refractivity contribution >= 4 is 5.95 Å². The van der Waals surface area contributed by atoms with Crippen LogP contribution in [0.25, 0.3) is 0 Å². The number of anilines is 1. The number of hydrogen-bond acceptors (Lipinski definition) is 6. The molecule has 2 aromatic rings. The van der Waals surface area contributed by atoms with E-state index in [1.807, 2.05) is 12.1 Å². The summed E-state index contributed by atoms with van der Waals surface area (Å²) in [6.07, 6.45) is 2.39. The molecule has 1 fully saturated rings. The highest BCUT2D eigenvalue weighted by Gasteiger charge is 2.27. The fourth-order valence-electron chi connectivity index (χ4n) is 2.31. The minimum absolute atomic E-state index is 0.559. The summed E-state index contributed by atoms with van der Waals surface area (Å²) < 4.78 is 16.0. The highest BCUT2D eigenvalue weighted by molar-refractivity contribution is 5.54. The van der Waals surface area contributed by atoms with E-state index in [9.17, 15) is 0 Å². The Labute approximate surface area is 129 Å². The quantitative estimate of drug-likeness (QED) is 0.817. The van der Waals surface area contributed by atoms with Gasteiger partial charge in [-0.2, -0.15) is 4.98 Å². The first-order valence-corrected chi connectivity index (χ1v) is 7.20. The molecule has 7 nitrogen and oxygen atoms in total. The van der Waals surface area contributed by atoms with Gasteiger partial charge in [-0.3, -0.25) is 5.10 Å². The maximum absolute atomic E-state index is 5.35. The van der Waals surface area contributed by atoms with Crippen LogP contribution in [0.15, 0.2) is 12.1 Å². The molecule has 0 bridgehead atoms. The highest BCUT2D eigenvalue weighted by Crippen LogP contribution is 2.39. The number of benzene rings is 1. The molecule has 1 saturated carbocycles. The van der Waals surface area contributed by atoms with Crippen LogP contribution in [0, 0.1) is 0 Å². The van der Waals surface area contributed by atoms with Crippen molar-refractivity contribution in [2.45, 2.75) is 25.3 Å². The molecule has 1 aliphatic carbocycles. The van der Waals surface area contributed by atoms with Crippen LogP contribution in [0.4, 0.5) is 5.95 Å². The van der Waals surface area contributed by atoms with Crippen LogP contribution >= 0.6 is 0 Å². The molecular formula is C15H20N4O3. The number of hydrogen-bond donors (Lipinski definition) is 2. The van der Waals surface area contributed by atoms with E-state index in [1.54, 1.807) is 21.3 Å². The van der Waals surface area contributed by atoms with Gasteiger partial charge in [0.05, 0.1) is 21.3 Å². The zero-order valence-corrected chi connectivity index (χ0v) is 13.0. The SMILES string of the molecule is COc1cc(CNc2n[nH]c(C3CC3)n2)cc(OC)c1OC. The Hall–Kier alpha value is -2.44. The molecule has 1 aliphatic rings. The third-order valence-corrected chi connectivity index (χ3v) is 3.64. The van der Waals surface area contributed by atoms with Crippen LogP contribution in [0.2, 0.25) is 0 Å². The van der Waals surface area contributed by atoms with Gasteiger partial charge in [0.2, 0.25) is 11.7 Å². The fraction of sp³-hybridized carbons (Fsp3) is 0.467. The monoisotopic (exact) mass is 304 g/mol. The lowest BCUT2D eigenvalue weighted by atomic mass is 10.2. The van der Waals surface area contributed by atoms with E-state index in [1.165, 1.54) is 12.8 Å². The maximum Gasteiger partial charge on any atom is 0.242 e. The Balaban J connectivity index is 1.73. The predicted octanol–water partition coefficient (Wildman–Crippen LogP) is 2.32. The van der Waals surface area contributed by atoms with Gasteiger partial charge in [0.1, 0.15) is 5.82 Å². The largest absolute Gasteiger partial charge is 0.493 e. The summed E-state index contributed by atoms with van der Waals surface area (Å²) in [7, 11) is 4.79. The Kier molecular flexibility index (Phi) is 4.04. The smallest absolute Gasteiger partial charge is 0.242 e. The molecule has 0 aliphatic heterocycles. The second-order valence-electron chi connectivity index (χ2n) is 5.21. The molecule has 0 unspecified atom stereocenters. The van der Waals surface area contributed by atoms with Gasteiger partial charge in [-0.25, -0.2) is 0 Å². The van der Waals surface area contributed by atoms with Crippen molar-refractivity contribution in [2.75, 3.05) is 26.6 Å². The normalized spacial score (nSPS) is 13.8. The number of nitrogens with zero attached hydrogens (tertiary/aromatic N) is 2. The molecule has 0 radical (unpaired) electrons. The Morgan fingerprint density at radius 1 is 1.14 bits per heavy atom. The molecule has 7 heteroatoms. The van der Waals surface area contributed by atoms with E-state index in [0.29, 0.717) is 35.7 Å². The van der Waals surface area contributed by atoms with Gasteiger partial charge in [0, 0.05) is 12.5 Å². The lowest BCUT2D eigenvalue weighted by Gasteiger charge is -2.14. The number of rotatable bonds is 7. The average Bonchev–Trinajstić information content (AvgIpc) is 3.30. The van der Waals surface area contributed by atoms with E-state index in [2.05, 4.69) is 20.5 Å². The van der Waals surface area contributed by atoms with Crippen LogP contribution in [0.1, 0.15) is 30.1 Å². The number of ether oxygens (including phenoxy) is 3. The fourth-order valence-corrected chi connectivity index (χ4v) is 2.31. The van der Waals surface area contributed by atoms with E-state index in [4.69, 9.17) is 14.2 Å². The van der Waals surface area contributed by atoms with Crippen molar-refractivity contribution in [3.05, 3.63) is 23.5 Å². The molecular weight excluding hydrogens is 284 g/mol. The zero-order valence-electron chi connectivity index (χ0n) is 13.0. The van der Waals surface area contributed by atoms with Crippen molar-refractivity contribution in [1.29, 1.82) is 0 Å². The van der Waals surface area contributed by atoms with Gasteiger partial charge in [-0.05, 0) is 30.5 Å². The lowest BCUT2D eigenvalue weighted by Crippen LogP contribution is -2.03. The second kappa shape index (κ2) is 6.13. The van der Waals surface area contributed by atoms with Crippen molar-refractivity contribution < 1.29 is 14.2 Å². The summed E-state index contributed by atoms with van der Waals surface area (Å²) >= 11 is 0. The molecule has 1 aromatic heterocycles. The van der Waals surface area contributed by atoms with Crippen molar-refractivity contribution in [1.82, 2.24) is 15.2 Å². The third-order valence-electron chi connectivity index (χ3n) is 3.64. The van der Waals surface area contributed by atoms with Crippen LogP contribution in [0.3, 0.4) is 0 Å². The standard InChI is InChI=1S/C15H20N4O3/c1-20-11-6-9(7-12(21-2)13(11)22-3)8-16-15-17-14(18-19-15)10-4-5-10/h6-7,10H,4-5,8H2,1-3H3,(H2,16,17,18,19). The average molecular weight is 304 g/mol. The molecule has 0 atom stereocenters. The highest BCUT2D eigenvalue weighted by atomic mass is 16.5. The number of aromatic nitrogens is 3. The lowest BCUT2D eigenvalue weighted by molar-refractivity contribution is 0.324. The molecule has 1 heterocycles. The molecule has 0 spiro atoms. The topological polar surface area (TPSA) is 81.3 Å². The minimum Gasteiger partial charge on any atom is -0.493 e. The van der Waals surface area contributed by atoms with Crippen LogP contribution in [-0.2, 0) is 6.54 Å². The third kappa shape index (κ3) is 2.93. The first kappa shape index (κ1) is 14.5. The summed E-state index contributed by atoms with van der Waals surface area (Å²) in [6.45, 7) is 0.568. The first-order chi connectivity index (χ1) is 10.7. The van der Waals surface area contributed by atoms with Crippen LogP contribution < -0.4 is 19.5 Å². The molecule has 0 saturated heterocycles. The second-order valence-corrected chi connectivity index (χ2v) is 5.21. The Bertz CT molecular complexity index is 627. The molecule has 22 heavy (non-hydrogen) atoms. The molecule has 1 aromatic carbocycles. The number of methoxy groups -OCH3 is 3. The van der Waals surface area contributed by atoms with Gasteiger partial charge in [0.25, 0.3) is 0 Å². The van der Waals surface area contributed by atoms with Gasteiger partial charge in [-0.1, -0.05) is 0 Å². The van der Waals surface area contributed by atoms with E-state index in [0.717, 1.165) is 11.4 Å². The summed E-state index contributed by atoms with van der Waals surface area (Å²) in [5.41, 5.74) is 0.993. The van der Waals surface area contributed by atoms with E-state index >= 15 is 0 Å². The first-order valence-electron chi connectivity index (χ1n) is 7.20. The zero-order chi connectivity index (χ0) is 15.5. The predicted molar refractivity (Wildman–Crippen MR) is 81.8 cm³/mol. The number of H-pyrrole nitrogens is 1. The van der Waals surface area contributed by atoms with Gasteiger partial charge in [0.15, 0.2) is 11.5 Å². The van der Waals surface area contributed by atoms with Gasteiger partial charge >= 0.3 is 0 Å². The van der Waals surface area contributed by atoms with Gasteiger partial charge in [-0.15, -0.1) is 5.10 Å². The van der Waals surface area contributed by atoms with Crippen molar-refractivity contribution in [2.24, 2.45) is 0 Å². The molecule has 0 amide bonds. The maximum atomic E-state index is 5.35.